The summed E-state index contributed by atoms with van der Waals surface area (Å²) in [4.78, 5) is 4.34. The van der Waals surface area contributed by atoms with Gasteiger partial charge in [0.1, 0.15) is 11.3 Å². The largest absolute Gasteiger partial charge is 0.384 e. The quantitative estimate of drug-likeness (QED) is 0.340. The number of fused-ring (bicyclic) bond motifs is 1. The maximum Gasteiger partial charge on any atom is 0.203 e. The molecule has 0 amide bonds. The number of nitrogens with two attached hydrogens (primary N) is 1. The zero-order chi connectivity index (χ0) is 22.7. The van der Waals surface area contributed by atoms with Crippen LogP contribution in [0.2, 0.25) is 0 Å². The average Bonchev–Trinajstić information content (AvgIpc) is 3.32. The third-order valence-corrected chi connectivity index (χ3v) is 7.66. The number of aromatic nitrogens is 4. The van der Waals surface area contributed by atoms with Crippen LogP contribution in [0.4, 0.5) is 5.82 Å². The molecular weight excluding hydrogens is 406 g/mol. The van der Waals surface area contributed by atoms with Gasteiger partial charge in [-0.1, -0.05) is 74.0 Å². The molecule has 170 valence electrons. The van der Waals surface area contributed by atoms with Gasteiger partial charge < -0.3 is 5.73 Å². The molecule has 1 saturated carbocycles. The Labute approximate surface area is 195 Å². The van der Waals surface area contributed by atoms with Gasteiger partial charge in [-0.05, 0) is 72.6 Å². The monoisotopic (exact) mass is 439 g/mol. The number of rotatable bonds is 7. The van der Waals surface area contributed by atoms with Gasteiger partial charge in [0, 0.05) is 5.92 Å². The molecule has 1 atom stereocenters. The van der Waals surface area contributed by atoms with Crippen molar-refractivity contribution >= 4 is 17.0 Å². The lowest BCUT2D eigenvalue weighted by atomic mass is 9.67. The first-order valence-corrected chi connectivity index (χ1v) is 12.2. The second-order valence-corrected chi connectivity index (χ2v) is 9.98. The summed E-state index contributed by atoms with van der Waals surface area (Å²) in [5.74, 6) is 1.45. The Morgan fingerprint density at radius 2 is 1.70 bits per heavy atom. The van der Waals surface area contributed by atoms with Crippen LogP contribution in [0.5, 0.6) is 0 Å². The Kier molecular flexibility index (Phi) is 6.12. The molecule has 1 aliphatic carbocycles. The van der Waals surface area contributed by atoms with E-state index in [-0.39, 0.29) is 5.92 Å². The Hall–Kier alpha value is -3.21. The van der Waals surface area contributed by atoms with Crippen molar-refractivity contribution in [3.8, 4) is 0 Å². The summed E-state index contributed by atoms with van der Waals surface area (Å²) in [6.45, 7) is 2.49. The number of benzene rings is 2. The summed E-state index contributed by atoms with van der Waals surface area (Å²) in [6.07, 6.45) is 8.68. The highest BCUT2D eigenvalue weighted by Gasteiger charge is 2.31. The van der Waals surface area contributed by atoms with E-state index in [9.17, 15) is 0 Å². The van der Waals surface area contributed by atoms with Crippen LogP contribution in [0.25, 0.3) is 11.2 Å². The van der Waals surface area contributed by atoms with E-state index in [1.54, 1.807) is 0 Å². The topological polar surface area (TPSA) is 80.5 Å². The second-order valence-electron chi connectivity index (χ2n) is 9.98. The zero-order valence-electron chi connectivity index (χ0n) is 19.4. The van der Waals surface area contributed by atoms with Gasteiger partial charge in [0.25, 0.3) is 0 Å². The number of H-pyrrole nitrogens is 1. The van der Waals surface area contributed by atoms with Crippen molar-refractivity contribution in [2.75, 3.05) is 5.73 Å². The zero-order valence-corrected chi connectivity index (χ0v) is 19.4. The van der Waals surface area contributed by atoms with Crippen molar-refractivity contribution in [2.24, 2.45) is 5.41 Å². The molecule has 5 nitrogen and oxygen atoms in total. The highest BCUT2D eigenvalue weighted by atomic mass is 15.3. The maximum absolute atomic E-state index is 6.13. The van der Waals surface area contributed by atoms with Gasteiger partial charge >= 0.3 is 0 Å². The molecule has 1 aliphatic rings. The normalized spacial score (nSPS) is 21.8. The molecule has 2 aromatic carbocycles. The van der Waals surface area contributed by atoms with Crippen LogP contribution in [0.15, 0.2) is 66.7 Å². The van der Waals surface area contributed by atoms with Gasteiger partial charge in [-0.3, -0.25) is 0 Å². The molecule has 1 unspecified atom stereocenters. The van der Waals surface area contributed by atoms with Crippen LogP contribution in [-0.4, -0.2) is 20.4 Å². The van der Waals surface area contributed by atoms with E-state index in [1.165, 1.54) is 49.7 Å². The van der Waals surface area contributed by atoms with Crippen molar-refractivity contribution in [1.82, 2.24) is 20.4 Å². The van der Waals surface area contributed by atoms with Gasteiger partial charge in [-0.15, -0.1) is 5.10 Å². The summed E-state index contributed by atoms with van der Waals surface area (Å²) >= 11 is 0. The van der Waals surface area contributed by atoms with E-state index in [1.807, 2.05) is 6.07 Å². The molecular formula is C28H33N5. The summed E-state index contributed by atoms with van der Waals surface area (Å²) in [6, 6.07) is 23.7. The lowest BCUT2D eigenvalue weighted by Gasteiger charge is -2.38. The number of hydrogen-bond donors (Lipinski definition) is 2. The Balaban J connectivity index is 1.29. The van der Waals surface area contributed by atoms with Gasteiger partial charge in [0.05, 0.1) is 0 Å². The van der Waals surface area contributed by atoms with Crippen LogP contribution in [0.3, 0.4) is 0 Å². The predicted octanol–water partition coefficient (Wildman–Crippen LogP) is 6.60. The van der Waals surface area contributed by atoms with Crippen molar-refractivity contribution < 1.29 is 0 Å². The van der Waals surface area contributed by atoms with Crippen molar-refractivity contribution in [3.05, 3.63) is 83.4 Å². The minimum absolute atomic E-state index is 0.230. The number of nitrogens with one attached hydrogen (secondary N) is 1. The van der Waals surface area contributed by atoms with Crippen LogP contribution >= 0.6 is 0 Å². The number of hydrogen-bond acceptors (Lipinski definition) is 4. The maximum atomic E-state index is 6.13. The van der Waals surface area contributed by atoms with Crippen LogP contribution in [-0.2, 0) is 0 Å². The molecule has 5 heteroatoms. The molecule has 5 rings (SSSR count). The number of nitrogens with zero attached hydrogens (tertiary/aromatic N) is 3. The molecule has 4 aromatic rings. The van der Waals surface area contributed by atoms with Crippen LogP contribution in [0.1, 0.15) is 80.4 Å². The summed E-state index contributed by atoms with van der Waals surface area (Å²) in [5, 5.41) is 11.3. The van der Waals surface area contributed by atoms with E-state index in [4.69, 9.17) is 5.73 Å². The predicted molar refractivity (Wildman–Crippen MR) is 134 cm³/mol. The molecule has 0 aliphatic heterocycles. The smallest absolute Gasteiger partial charge is 0.203 e. The first-order chi connectivity index (χ1) is 16.1. The van der Waals surface area contributed by atoms with Gasteiger partial charge in [-0.25, -0.2) is 4.98 Å². The number of nitrogen functional groups attached to an aromatic ring is 1. The number of anilines is 1. The summed E-state index contributed by atoms with van der Waals surface area (Å²) in [5.41, 5.74) is 11.9. The molecule has 2 heterocycles. The molecule has 0 spiro atoms. The SMILES string of the molecule is CC1(CCCC(c2ccccc2)c2cc(N)nc3n[nH]nc23)CCC(c2ccccc2)CC1. The van der Waals surface area contributed by atoms with Gasteiger partial charge in [-0.2, -0.15) is 10.3 Å². The van der Waals surface area contributed by atoms with E-state index >= 15 is 0 Å². The van der Waals surface area contributed by atoms with Crippen LogP contribution in [0, 0.1) is 5.41 Å². The van der Waals surface area contributed by atoms with E-state index in [2.05, 4.69) is 88.0 Å². The van der Waals surface area contributed by atoms with Crippen molar-refractivity contribution in [3.63, 3.8) is 0 Å². The fraction of sp³-hybridized carbons (Fsp3) is 0.393. The van der Waals surface area contributed by atoms with E-state index in [0.717, 1.165) is 23.4 Å². The first-order valence-electron chi connectivity index (χ1n) is 12.2. The van der Waals surface area contributed by atoms with Gasteiger partial charge in [0.2, 0.25) is 5.65 Å². The fourth-order valence-corrected chi connectivity index (χ4v) is 5.69. The fourth-order valence-electron chi connectivity index (χ4n) is 5.69. The molecule has 0 saturated heterocycles. The molecule has 3 N–H and O–H groups in total. The minimum atomic E-state index is 0.230. The summed E-state index contributed by atoms with van der Waals surface area (Å²) in [7, 11) is 0. The van der Waals surface area contributed by atoms with Crippen molar-refractivity contribution in [1.29, 1.82) is 0 Å². The van der Waals surface area contributed by atoms with Gasteiger partial charge in [0.15, 0.2) is 0 Å². The van der Waals surface area contributed by atoms with Crippen molar-refractivity contribution in [2.45, 2.75) is 63.7 Å². The molecule has 0 bridgehead atoms. The lowest BCUT2D eigenvalue weighted by molar-refractivity contribution is 0.177. The Morgan fingerprint density at radius 1 is 1.00 bits per heavy atom. The second kappa shape index (κ2) is 9.34. The molecule has 33 heavy (non-hydrogen) atoms. The number of aromatic amines is 1. The third kappa shape index (κ3) is 4.77. The number of pyridine rings is 1. The highest BCUT2D eigenvalue weighted by Crippen LogP contribution is 2.46. The van der Waals surface area contributed by atoms with E-state index in [0.29, 0.717) is 16.9 Å². The van der Waals surface area contributed by atoms with Crippen LogP contribution < -0.4 is 5.73 Å². The Morgan fingerprint density at radius 3 is 2.42 bits per heavy atom. The van der Waals surface area contributed by atoms with E-state index < -0.39 is 0 Å². The molecule has 1 fully saturated rings. The summed E-state index contributed by atoms with van der Waals surface area (Å²) < 4.78 is 0. The first kappa shape index (κ1) is 21.6. The molecule has 2 aromatic heterocycles. The standard InChI is InChI=1S/C28H33N5/c1-28(17-14-21(15-18-28)20-9-4-2-5-10-20)16-8-13-23(22-11-6-3-7-12-22)24-19-25(29)30-27-26(24)31-33-32-27/h2-7,9-12,19,21,23H,8,13-18H2,1H3,(H3,29,30,31,32,33). The average molecular weight is 440 g/mol. The highest BCUT2D eigenvalue weighted by molar-refractivity contribution is 5.77. The minimum Gasteiger partial charge on any atom is -0.384 e. The molecule has 0 radical (unpaired) electrons. The Bertz CT molecular complexity index is 1180. The third-order valence-electron chi connectivity index (χ3n) is 7.66. The lowest BCUT2D eigenvalue weighted by Crippen LogP contribution is -2.24.